The van der Waals surface area contributed by atoms with Gasteiger partial charge < -0.3 is 10.5 Å². The van der Waals surface area contributed by atoms with Crippen LogP contribution in [-0.4, -0.2) is 19.1 Å². The SMILES string of the molecule is CCOC(=O)C(CN)(CCC1CC1)c1ccccc1F. The lowest BCUT2D eigenvalue weighted by Crippen LogP contribution is -2.45. The van der Waals surface area contributed by atoms with Crippen LogP contribution in [0.4, 0.5) is 4.39 Å². The van der Waals surface area contributed by atoms with Gasteiger partial charge in [0, 0.05) is 12.1 Å². The lowest BCUT2D eigenvalue weighted by molar-refractivity contribution is -0.150. The van der Waals surface area contributed by atoms with Gasteiger partial charge in [-0.25, -0.2) is 4.39 Å². The number of carbonyl (C=O) groups is 1. The molecule has 2 N–H and O–H groups in total. The fraction of sp³-hybridized carbons (Fsp3) is 0.562. The molecule has 0 amide bonds. The van der Waals surface area contributed by atoms with E-state index in [1.165, 1.54) is 18.9 Å². The quantitative estimate of drug-likeness (QED) is 0.781. The standard InChI is InChI=1S/C16H22FNO2/c1-2-20-15(19)16(11-18,10-9-12-7-8-12)13-5-3-4-6-14(13)17/h3-6,12H,2,7-11,18H2,1H3. The van der Waals surface area contributed by atoms with Gasteiger partial charge in [-0.05, 0) is 31.7 Å². The topological polar surface area (TPSA) is 52.3 Å². The van der Waals surface area contributed by atoms with Crippen LogP contribution in [0.2, 0.25) is 0 Å². The molecule has 0 radical (unpaired) electrons. The number of halogens is 1. The molecule has 4 heteroatoms. The number of nitrogens with two attached hydrogens (primary N) is 1. The van der Waals surface area contributed by atoms with Crippen LogP contribution in [0.15, 0.2) is 24.3 Å². The van der Waals surface area contributed by atoms with Gasteiger partial charge in [0.2, 0.25) is 0 Å². The first-order valence-electron chi connectivity index (χ1n) is 7.26. The lowest BCUT2D eigenvalue weighted by Gasteiger charge is -2.31. The summed E-state index contributed by atoms with van der Waals surface area (Å²) in [5.41, 5.74) is 5.19. The predicted octanol–water partition coefficient (Wildman–Crippen LogP) is 2.78. The summed E-state index contributed by atoms with van der Waals surface area (Å²) < 4.78 is 19.3. The summed E-state index contributed by atoms with van der Waals surface area (Å²) in [6, 6.07) is 6.37. The van der Waals surface area contributed by atoms with Crippen LogP contribution in [0.5, 0.6) is 0 Å². The van der Waals surface area contributed by atoms with Crippen molar-refractivity contribution in [1.82, 2.24) is 0 Å². The predicted molar refractivity (Wildman–Crippen MR) is 75.7 cm³/mol. The maximum Gasteiger partial charge on any atom is 0.317 e. The second kappa shape index (κ2) is 6.35. The van der Waals surface area contributed by atoms with Crippen molar-refractivity contribution in [3.63, 3.8) is 0 Å². The highest BCUT2D eigenvalue weighted by atomic mass is 19.1. The van der Waals surface area contributed by atoms with Crippen molar-refractivity contribution in [3.8, 4) is 0 Å². The monoisotopic (exact) mass is 279 g/mol. The van der Waals surface area contributed by atoms with Crippen LogP contribution in [0.25, 0.3) is 0 Å². The normalized spacial score (nSPS) is 17.6. The maximum absolute atomic E-state index is 14.1. The van der Waals surface area contributed by atoms with Gasteiger partial charge in [-0.1, -0.05) is 31.0 Å². The average Bonchev–Trinajstić information content (AvgIpc) is 3.26. The lowest BCUT2D eigenvalue weighted by atomic mass is 9.75. The first-order chi connectivity index (χ1) is 9.64. The molecule has 0 spiro atoms. The van der Waals surface area contributed by atoms with E-state index in [1.54, 1.807) is 25.1 Å². The Kier molecular flexibility index (Phi) is 4.76. The number of carbonyl (C=O) groups excluding carboxylic acids is 1. The van der Waals surface area contributed by atoms with Crippen LogP contribution in [0, 0.1) is 11.7 Å². The molecule has 1 aromatic rings. The zero-order chi connectivity index (χ0) is 14.6. The van der Waals surface area contributed by atoms with E-state index in [-0.39, 0.29) is 19.0 Å². The minimum absolute atomic E-state index is 0.0689. The van der Waals surface area contributed by atoms with Crippen LogP contribution < -0.4 is 5.73 Å². The summed E-state index contributed by atoms with van der Waals surface area (Å²) in [5.74, 6) is -0.142. The molecule has 0 aromatic heterocycles. The van der Waals surface area contributed by atoms with Crippen molar-refractivity contribution in [3.05, 3.63) is 35.6 Å². The zero-order valence-electron chi connectivity index (χ0n) is 11.9. The number of benzene rings is 1. The number of hydrogen-bond donors (Lipinski definition) is 1. The van der Waals surface area contributed by atoms with Crippen molar-refractivity contribution in [1.29, 1.82) is 0 Å². The molecule has 0 saturated heterocycles. The fourth-order valence-electron chi connectivity index (χ4n) is 2.62. The fourth-order valence-corrected chi connectivity index (χ4v) is 2.62. The third-order valence-electron chi connectivity index (χ3n) is 4.08. The van der Waals surface area contributed by atoms with Crippen LogP contribution in [-0.2, 0) is 14.9 Å². The summed E-state index contributed by atoms with van der Waals surface area (Å²) in [7, 11) is 0. The Morgan fingerprint density at radius 1 is 1.45 bits per heavy atom. The van der Waals surface area contributed by atoms with E-state index in [0.717, 1.165) is 6.42 Å². The molecule has 1 aromatic carbocycles. The summed E-state index contributed by atoms with van der Waals surface area (Å²) in [5, 5.41) is 0. The highest BCUT2D eigenvalue weighted by Gasteiger charge is 2.43. The molecule has 110 valence electrons. The largest absolute Gasteiger partial charge is 0.465 e. The van der Waals surface area contributed by atoms with E-state index in [1.807, 2.05) is 0 Å². The molecule has 0 aliphatic heterocycles. The molecule has 2 rings (SSSR count). The molecule has 1 fully saturated rings. The Morgan fingerprint density at radius 3 is 2.70 bits per heavy atom. The van der Waals surface area contributed by atoms with Crippen molar-refractivity contribution in [2.24, 2.45) is 11.7 Å². The van der Waals surface area contributed by atoms with Gasteiger partial charge in [-0.15, -0.1) is 0 Å². The van der Waals surface area contributed by atoms with E-state index in [4.69, 9.17) is 10.5 Å². The Hall–Kier alpha value is -1.42. The van der Waals surface area contributed by atoms with Crippen molar-refractivity contribution >= 4 is 5.97 Å². The molecule has 3 nitrogen and oxygen atoms in total. The van der Waals surface area contributed by atoms with Crippen LogP contribution >= 0.6 is 0 Å². The van der Waals surface area contributed by atoms with Crippen LogP contribution in [0.3, 0.4) is 0 Å². The van der Waals surface area contributed by atoms with Gasteiger partial charge in [0.25, 0.3) is 0 Å². The van der Waals surface area contributed by atoms with Gasteiger partial charge in [0.05, 0.1) is 6.61 Å². The van der Waals surface area contributed by atoms with E-state index >= 15 is 0 Å². The molecule has 1 aliphatic carbocycles. The van der Waals surface area contributed by atoms with Crippen LogP contribution in [0.1, 0.15) is 38.2 Å². The Morgan fingerprint density at radius 2 is 2.15 bits per heavy atom. The number of esters is 1. The highest BCUT2D eigenvalue weighted by molar-refractivity contribution is 5.83. The molecule has 1 unspecified atom stereocenters. The van der Waals surface area contributed by atoms with E-state index < -0.39 is 11.4 Å². The maximum atomic E-state index is 14.1. The van der Waals surface area contributed by atoms with Gasteiger partial charge in [-0.2, -0.15) is 0 Å². The van der Waals surface area contributed by atoms with Gasteiger partial charge in [0.15, 0.2) is 0 Å². The zero-order valence-corrected chi connectivity index (χ0v) is 11.9. The summed E-state index contributed by atoms with van der Waals surface area (Å²) in [4.78, 5) is 12.4. The van der Waals surface area contributed by atoms with E-state index in [2.05, 4.69) is 0 Å². The molecular weight excluding hydrogens is 257 g/mol. The Labute approximate surface area is 119 Å². The highest BCUT2D eigenvalue weighted by Crippen LogP contribution is 2.40. The molecule has 20 heavy (non-hydrogen) atoms. The number of rotatable bonds is 7. The minimum atomic E-state index is -1.05. The molecule has 1 saturated carbocycles. The molecule has 0 bridgehead atoms. The smallest absolute Gasteiger partial charge is 0.317 e. The van der Waals surface area contributed by atoms with Crippen molar-refractivity contribution in [2.45, 2.75) is 38.0 Å². The second-order valence-corrected chi connectivity index (χ2v) is 5.47. The summed E-state index contributed by atoms with van der Waals surface area (Å²) in [6.07, 6.45) is 3.83. The van der Waals surface area contributed by atoms with Crippen molar-refractivity contribution in [2.75, 3.05) is 13.2 Å². The molecular formula is C16H22FNO2. The number of hydrogen-bond acceptors (Lipinski definition) is 3. The summed E-state index contributed by atoms with van der Waals surface area (Å²) in [6.45, 7) is 2.10. The minimum Gasteiger partial charge on any atom is -0.465 e. The van der Waals surface area contributed by atoms with Gasteiger partial charge in [0.1, 0.15) is 11.2 Å². The van der Waals surface area contributed by atoms with Gasteiger partial charge in [-0.3, -0.25) is 4.79 Å². The molecule has 1 atom stereocenters. The Balaban J connectivity index is 2.33. The first kappa shape index (κ1) is 15.0. The van der Waals surface area contributed by atoms with Gasteiger partial charge >= 0.3 is 5.97 Å². The second-order valence-electron chi connectivity index (χ2n) is 5.47. The van der Waals surface area contributed by atoms with E-state index in [9.17, 15) is 9.18 Å². The first-order valence-corrected chi connectivity index (χ1v) is 7.26. The molecule has 0 heterocycles. The summed E-state index contributed by atoms with van der Waals surface area (Å²) >= 11 is 0. The third-order valence-corrected chi connectivity index (χ3v) is 4.08. The average molecular weight is 279 g/mol. The van der Waals surface area contributed by atoms with E-state index in [0.29, 0.717) is 17.9 Å². The Bertz CT molecular complexity index is 473. The molecule has 1 aliphatic rings. The third kappa shape index (κ3) is 3.01. The van der Waals surface area contributed by atoms with Crippen molar-refractivity contribution < 1.29 is 13.9 Å². The number of ether oxygens (including phenoxy) is 1.